The zero-order valence-corrected chi connectivity index (χ0v) is 18.1. The van der Waals surface area contributed by atoms with Crippen molar-refractivity contribution in [2.24, 2.45) is 5.10 Å². The van der Waals surface area contributed by atoms with Crippen molar-refractivity contribution in [2.75, 3.05) is 13.2 Å². The maximum atomic E-state index is 13.1. The maximum Gasteiger partial charge on any atom is 0.255 e. The van der Waals surface area contributed by atoms with Crippen LogP contribution in [-0.2, 0) is 21.4 Å². The molecule has 3 rings (SSSR count). The summed E-state index contributed by atoms with van der Waals surface area (Å²) in [6.45, 7) is 3.45. The van der Waals surface area contributed by atoms with Gasteiger partial charge in [0.15, 0.2) is 0 Å². The van der Waals surface area contributed by atoms with Crippen molar-refractivity contribution in [3.63, 3.8) is 0 Å². The lowest BCUT2D eigenvalue weighted by atomic mass is 10.2. The molecule has 0 bridgehead atoms. The Balaban J connectivity index is 1.69. The van der Waals surface area contributed by atoms with Crippen molar-refractivity contribution in [1.29, 1.82) is 0 Å². The highest BCUT2D eigenvalue weighted by Gasteiger charge is 2.27. The molecular formula is C23H23N3O5S. The zero-order valence-electron chi connectivity index (χ0n) is 17.3. The number of benzene rings is 2. The van der Waals surface area contributed by atoms with Crippen LogP contribution in [0.5, 0.6) is 5.75 Å². The van der Waals surface area contributed by atoms with E-state index >= 15 is 0 Å². The average Bonchev–Trinajstić information content (AvgIpc) is 3.31. The fourth-order valence-corrected chi connectivity index (χ4v) is 4.14. The van der Waals surface area contributed by atoms with E-state index in [1.807, 2.05) is 0 Å². The number of nitrogens with zero attached hydrogens (tertiary/aromatic N) is 2. The van der Waals surface area contributed by atoms with Crippen LogP contribution in [0, 0.1) is 0 Å². The first-order valence-electron chi connectivity index (χ1n) is 9.72. The monoisotopic (exact) mass is 453 g/mol. The highest BCUT2D eigenvalue weighted by atomic mass is 32.2. The van der Waals surface area contributed by atoms with E-state index in [1.165, 1.54) is 24.6 Å². The third kappa shape index (κ3) is 6.40. The van der Waals surface area contributed by atoms with E-state index in [0.717, 1.165) is 4.31 Å². The average molecular weight is 454 g/mol. The van der Waals surface area contributed by atoms with Crippen LogP contribution in [0.2, 0.25) is 0 Å². The molecule has 0 radical (unpaired) electrons. The molecule has 0 atom stereocenters. The summed E-state index contributed by atoms with van der Waals surface area (Å²) in [5.41, 5.74) is 3.07. The molecule has 9 heteroatoms. The number of hydrogen-bond donors (Lipinski definition) is 1. The zero-order chi connectivity index (χ0) is 22.8. The number of carbonyl (C=O) groups excluding carboxylic acids is 1. The smallest absolute Gasteiger partial charge is 0.255 e. The van der Waals surface area contributed by atoms with Crippen LogP contribution in [-0.4, -0.2) is 38.0 Å². The summed E-state index contributed by atoms with van der Waals surface area (Å²) in [7, 11) is -3.93. The van der Waals surface area contributed by atoms with E-state index in [-0.39, 0.29) is 11.4 Å². The van der Waals surface area contributed by atoms with E-state index < -0.39 is 22.5 Å². The quantitative estimate of drug-likeness (QED) is 0.273. The van der Waals surface area contributed by atoms with E-state index in [1.54, 1.807) is 60.7 Å². The fraction of sp³-hybridized carbons (Fsp3) is 0.130. The molecule has 0 unspecified atom stereocenters. The number of amides is 1. The largest absolute Gasteiger partial charge is 0.490 e. The molecule has 1 heterocycles. The maximum absolute atomic E-state index is 13.1. The van der Waals surface area contributed by atoms with E-state index in [2.05, 4.69) is 17.1 Å². The molecule has 1 aromatic heterocycles. The van der Waals surface area contributed by atoms with E-state index in [0.29, 0.717) is 23.7 Å². The Kier molecular flexibility index (Phi) is 7.96. The summed E-state index contributed by atoms with van der Waals surface area (Å²) >= 11 is 0. The molecule has 0 aliphatic carbocycles. The molecule has 0 spiro atoms. The molecule has 1 N–H and O–H groups in total. The van der Waals surface area contributed by atoms with Crippen LogP contribution >= 0.6 is 0 Å². The first kappa shape index (κ1) is 23.0. The van der Waals surface area contributed by atoms with Gasteiger partial charge in [0.25, 0.3) is 5.91 Å². The molecule has 166 valence electrons. The van der Waals surface area contributed by atoms with Gasteiger partial charge in [-0.1, -0.05) is 43.0 Å². The van der Waals surface area contributed by atoms with Gasteiger partial charge in [0.1, 0.15) is 18.1 Å². The molecule has 0 aliphatic rings. The van der Waals surface area contributed by atoms with Crippen molar-refractivity contribution in [1.82, 2.24) is 9.73 Å². The van der Waals surface area contributed by atoms with Gasteiger partial charge in [-0.3, -0.25) is 4.79 Å². The fourth-order valence-electron chi connectivity index (χ4n) is 2.76. The normalized spacial score (nSPS) is 11.5. The summed E-state index contributed by atoms with van der Waals surface area (Å²) in [4.78, 5) is 12.5. The topological polar surface area (TPSA) is 101 Å². The van der Waals surface area contributed by atoms with Gasteiger partial charge in [-0.05, 0) is 42.0 Å². The number of hydrazone groups is 1. The predicted molar refractivity (Wildman–Crippen MR) is 121 cm³/mol. The van der Waals surface area contributed by atoms with Crippen LogP contribution in [0.15, 0.2) is 100 Å². The van der Waals surface area contributed by atoms with Gasteiger partial charge < -0.3 is 9.15 Å². The molecule has 0 fully saturated rings. The predicted octanol–water partition coefficient (Wildman–Crippen LogP) is 3.19. The molecule has 3 aromatic rings. The summed E-state index contributed by atoms with van der Waals surface area (Å²) in [6.07, 6.45) is 4.53. The van der Waals surface area contributed by atoms with Crippen molar-refractivity contribution < 1.29 is 22.4 Å². The molecule has 32 heavy (non-hydrogen) atoms. The number of hydrogen-bond acceptors (Lipinski definition) is 6. The number of rotatable bonds is 11. The molecule has 0 saturated carbocycles. The van der Waals surface area contributed by atoms with Gasteiger partial charge in [-0.15, -0.1) is 0 Å². The second-order valence-corrected chi connectivity index (χ2v) is 8.57. The standard InChI is InChI=1S/C23H23N3O5S/c1-2-13-30-20-9-6-8-19(15-20)16-24-25-23(27)18-26(17-21-10-7-14-31-21)32(28,29)22-11-4-3-5-12-22/h2-12,14-16H,1,13,17-18H2,(H,25,27)/b24-16-. The minimum atomic E-state index is -3.93. The Bertz CT molecular complexity index is 1160. The van der Waals surface area contributed by atoms with Crippen LogP contribution in [0.25, 0.3) is 0 Å². The van der Waals surface area contributed by atoms with Crippen LogP contribution in [0.3, 0.4) is 0 Å². The number of carbonyl (C=O) groups is 1. The first-order valence-corrected chi connectivity index (χ1v) is 11.2. The molecule has 8 nitrogen and oxygen atoms in total. The summed E-state index contributed by atoms with van der Waals surface area (Å²) in [5, 5.41) is 3.92. The van der Waals surface area contributed by atoms with Crippen molar-refractivity contribution >= 4 is 22.1 Å². The summed E-state index contributed by atoms with van der Waals surface area (Å²) in [5.74, 6) is 0.460. The Morgan fingerprint density at radius 3 is 2.66 bits per heavy atom. The lowest BCUT2D eigenvalue weighted by Crippen LogP contribution is -2.38. The molecule has 2 aromatic carbocycles. The number of sulfonamides is 1. The first-order chi connectivity index (χ1) is 15.5. The number of furan rings is 1. The van der Waals surface area contributed by atoms with Crippen molar-refractivity contribution in [3.8, 4) is 5.75 Å². The number of nitrogens with one attached hydrogen (secondary N) is 1. The van der Waals surface area contributed by atoms with Crippen LogP contribution in [0.4, 0.5) is 0 Å². The van der Waals surface area contributed by atoms with E-state index in [9.17, 15) is 13.2 Å². The molecular weight excluding hydrogens is 430 g/mol. The Morgan fingerprint density at radius 2 is 1.94 bits per heavy atom. The van der Waals surface area contributed by atoms with Gasteiger partial charge >= 0.3 is 0 Å². The van der Waals surface area contributed by atoms with Gasteiger partial charge in [-0.2, -0.15) is 9.41 Å². The Morgan fingerprint density at radius 1 is 1.12 bits per heavy atom. The van der Waals surface area contributed by atoms with Gasteiger partial charge in [0.2, 0.25) is 10.0 Å². The van der Waals surface area contributed by atoms with Crippen molar-refractivity contribution in [3.05, 3.63) is 97.0 Å². The van der Waals surface area contributed by atoms with Crippen LogP contribution in [0.1, 0.15) is 11.3 Å². The van der Waals surface area contributed by atoms with E-state index in [4.69, 9.17) is 9.15 Å². The van der Waals surface area contributed by atoms with Crippen LogP contribution < -0.4 is 10.2 Å². The second kappa shape index (κ2) is 11.1. The lowest BCUT2D eigenvalue weighted by molar-refractivity contribution is -0.121. The van der Waals surface area contributed by atoms with Crippen molar-refractivity contribution in [2.45, 2.75) is 11.4 Å². The third-order valence-corrected chi connectivity index (χ3v) is 6.05. The number of ether oxygens (including phenoxy) is 1. The highest BCUT2D eigenvalue weighted by molar-refractivity contribution is 7.89. The lowest BCUT2D eigenvalue weighted by Gasteiger charge is -2.20. The Labute approximate surface area is 186 Å². The molecule has 0 aliphatic heterocycles. The van der Waals surface area contributed by atoms with Gasteiger partial charge in [0.05, 0.1) is 30.5 Å². The van der Waals surface area contributed by atoms with Gasteiger partial charge in [0, 0.05) is 0 Å². The SMILES string of the molecule is C=CCOc1cccc(/C=N\NC(=O)CN(Cc2ccco2)S(=O)(=O)c2ccccc2)c1. The van der Waals surface area contributed by atoms with Gasteiger partial charge in [-0.25, -0.2) is 13.8 Å². The minimum Gasteiger partial charge on any atom is -0.490 e. The second-order valence-electron chi connectivity index (χ2n) is 6.63. The minimum absolute atomic E-state index is 0.0826. The molecule has 0 saturated heterocycles. The summed E-state index contributed by atoms with van der Waals surface area (Å²) in [6, 6.07) is 18.3. The third-order valence-electron chi connectivity index (χ3n) is 4.24. The summed E-state index contributed by atoms with van der Waals surface area (Å²) < 4.78 is 37.9. The highest BCUT2D eigenvalue weighted by Crippen LogP contribution is 2.18. The molecule has 1 amide bonds. The Hall–Kier alpha value is -3.69.